The van der Waals surface area contributed by atoms with E-state index in [1.165, 1.54) is 0 Å². The Morgan fingerprint density at radius 1 is 1.12 bits per heavy atom. The van der Waals surface area contributed by atoms with E-state index in [2.05, 4.69) is 39.5 Å². The molecule has 2 rings (SSSR count). The van der Waals surface area contributed by atoms with Gasteiger partial charge in [-0.1, -0.05) is 6.07 Å². The van der Waals surface area contributed by atoms with Crippen molar-refractivity contribution in [3.63, 3.8) is 0 Å². The number of aromatic nitrogens is 1. The smallest absolute Gasteiger partial charge is 0.191 e. The van der Waals surface area contributed by atoms with Crippen molar-refractivity contribution in [2.75, 3.05) is 26.8 Å². The third-order valence-corrected chi connectivity index (χ3v) is 3.62. The maximum atomic E-state index is 5.62. The van der Waals surface area contributed by atoms with Gasteiger partial charge in [0.2, 0.25) is 0 Å². The minimum absolute atomic E-state index is 0. The summed E-state index contributed by atoms with van der Waals surface area (Å²) in [4.78, 5) is 4.65. The highest BCUT2D eigenvalue weighted by Crippen LogP contribution is 2.28. The summed E-state index contributed by atoms with van der Waals surface area (Å²) < 4.78 is 13.1. The summed E-state index contributed by atoms with van der Waals surface area (Å²) >= 11 is 0. The van der Waals surface area contributed by atoms with Gasteiger partial charge in [0, 0.05) is 32.0 Å². The number of halogens is 1. The molecule has 0 bridgehead atoms. The van der Waals surface area contributed by atoms with Gasteiger partial charge in [-0.15, -0.1) is 24.0 Å². The second-order valence-electron chi connectivity index (χ2n) is 5.46. The lowest BCUT2D eigenvalue weighted by atomic mass is 10.2. The Bertz CT molecular complexity index is 660. The first-order valence-corrected chi connectivity index (χ1v) is 8.69. The highest BCUT2D eigenvalue weighted by Gasteiger charge is 2.05. The zero-order valence-corrected chi connectivity index (χ0v) is 18.0. The molecule has 0 amide bonds. The van der Waals surface area contributed by atoms with Crippen molar-refractivity contribution in [1.82, 2.24) is 15.2 Å². The molecule has 144 valence electrons. The first-order valence-electron chi connectivity index (χ1n) is 8.69. The number of methoxy groups -OCH3 is 1. The molecular weight excluding hydrogens is 443 g/mol. The molecule has 1 heterocycles. The van der Waals surface area contributed by atoms with Crippen LogP contribution in [0.25, 0.3) is 0 Å². The third kappa shape index (κ3) is 7.15. The second-order valence-corrected chi connectivity index (χ2v) is 5.46. The molecule has 0 aliphatic carbocycles. The number of ether oxygens (including phenoxy) is 2. The van der Waals surface area contributed by atoms with Crippen LogP contribution in [0.4, 0.5) is 0 Å². The Labute approximate surface area is 173 Å². The fraction of sp³-hybridized carbons (Fsp3) is 0.421. The van der Waals surface area contributed by atoms with Crippen LogP contribution in [0.5, 0.6) is 11.5 Å². The highest BCUT2D eigenvalue weighted by atomic mass is 127. The molecule has 0 saturated carbocycles. The van der Waals surface area contributed by atoms with Crippen LogP contribution in [-0.2, 0) is 13.1 Å². The standard InChI is InChI=1S/C19H28N4O2.HI/c1-4-20-19(21-10-13-23-11-6-7-12-23)22-15-16-8-9-17(24-3)18(14-16)25-5-2;/h6-9,11-12,14H,4-5,10,13,15H2,1-3H3,(H2,20,21,22);1H. The summed E-state index contributed by atoms with van der Waals surface area (Å²) in [5, 5.41) is 6.62. The van der Waals surface area contributed by atoms with Crippen LogP contribution in [-0.4, -0.2) is 37.3 Å². The molecule has 0 atom stereocenters. The number of aliphatic imine (C=N–C) groups is 1. The van der Waals surface area contributed by atoms with E-state index >= 15 is 0 Å². The molecule has 2 N–H and O–H groups in total. The van der Waals surface area contributed by atoms with Crippen molar-refractivity contribution in [3.05, 3.63) is 48.3 Å². The maximum absolute atomic E-state index is 5.62. The van der Waals surface area contributed by atoms with E-state index in [4.69, 9.17) is 9.47 Å². The van der Waals surface area contributed by atoms with Crippen molar-refractivity contribution < 1.29 is 9.47 Å². The number of guanidine groups is 1. The summed E-state index contributed by atoms with van der Waals surface area (Å²) in [6.45, 7) is 7.73. The van der Waals surface area contributed by atoms with Gasteiger partial charge < -0.3 is 24.7 Å². The van der Waals surface area contributed by atoms with Gasteiger partial charge in [-0.05, 0) is 43.7 Å². The zero-order valence-electron chi connectivity index (χ0n) is 15.7. The molecule has 0 saturated heterocycles. The second kappa shape index (κ2) is 12.5. The summed E-state index contributed by atoms with van der Waals surface area (Å²) in [5.74, 6) is 2.30. The van der Waals surface area contributed by atoms with Gasteiger partial charge >= 0.3 is 0 Å². The van der Waals surface area contributed by atoms with Crippen LogP contribution in [0.2, 0.25) is 0 Å². The van der Waals surface area contributed by atoms with Crippen LogP contribution in [0.15, 0.2) is 47.7 Å². The number of nitrogens with one attached hydrogen (secondary N) is 2. The lowest BCUT2D eigenvalue weighted by molar-refractivity contribution is 0.310. The maximum Gasteiger partial charge on any atom is 0.191 e. The van der Waals surface area contributed by atoms with Gasteiger partial charge in [-0.2, -0.15) is 0 Å². The molecule has 7 heteroatoms. The quantitative estimate of drug-likeness (QED) is 0.334. The van der Waals surface area contributed by atoms with E-state index < -0.39 is 0 Å². The fourth-order valence-corrected chi connectivity index (χ4v) is 2.42. The normalized spacial score (nSPS) is 10.8. The van der Waals surface area contributed by atoms with Gasteiger partial charge in [0.25, 0.3) is 0 Å². The number of nitrogens with zero attached hydrogens (tertiary/aromatic N) is 2. The van der Waals surface area contributed by atoms with Crippen LogP contribution in [0.3, 0.4) is 0 Å². The Balaban J connectivity index is 0.00000338. The minimum Gasteiger partial charge on any atom is -0.493 e. The van der Waals surface area contributed by atoms with Gasteiger partial charge in [-0.3, -0.25) is 0 Å². The van der Waals surface area contributed by atoms with Crippen molar-refractivity contribution in [1.29, 1.82) is 0 Å². The van der Waals surface area contributed by atoms with Crippen molar-refractivity contribution in [2.24, 2.45) is 4.99 Å². The van der Waals surface area contributed by atoms with E-state index in [0.29, 0.717) is 13.2 Å². The number of rotatable bonds is 9. The average Bonchev–Trinajstić information content (AvgIpc) is 3.13. The van der Waals surface area contributed by atoms with E-state index in [1.54, 1.807) is 7.11 Å². The first kappa shape index (κ1) is 22.1. The van der Waals surface area contributed by atoms with E-state index in [-0.39, 0.29) is 24.0 Å². The molecule has 0 aliphatic heterocycles. The lowest BCUT2D eigenvalue weighted by Gasteiger charge is -2.13. The number of hydrogen-bond donors (Lipinski definition) is 2. The molecule has 0 aliphatic rings. The van der Waals surface area contributed by atoms with Crippen LogP contribution in [0.1, 0.15) is 19.4 Å². The number of hydrogen-bond acceptors (Lipinski definition) is 3. The van der Waals surface area contributed by atoms with Gasteiger partial charge in [-0.25, -0.2) is 4.99 Å². The molecule has 1 aromatic heterocycles. The van der Waals surface area contributed by atoms with Crippen LogP contribution < -0.4 is 20.1 Å². The van der Waals surface area contributed by atoms with E-state index in [9.17, 15) is 0 Å². The molecule has 2 aromatic rings. The minimum atomic E-state index is 0. The Hall–Kier alpha value is -1.90. The monoisotopic (exact) mass is 472 g/mol. The average molecular weight is 472 g/mol. The predicted octanol–water partition coefficient (Wildman–Crippen LogP) is 3.27. The largest absolute Gasteiger partial charge is 0.493 e. The SMILES string of the molecule is CCNC(=NCc1ccc(OC)c(OCC)c1)NCCn1cccc1.I. The summed E-state index contributed by atoms with van der Waals surface area (Å²) in [7, 11) is 1.65. The molecule has 6 nitrogen and oxygen atoms in total. The van der Waals surface area contributed by atoms with E-state index in [1.807, 2.05) is 37.3 Å². The van der Waals surface area contributed by atoms with E-state index in [0.717, 1.165) is 42.7 Å². The summed E-state index contributed by atoms with van der Waals surface area (Å²) in [5.41, 5.74) is 1.08. The van der Waals surface area contributed by atoms with Crippen LogP contribution >= 0.6 is 24.0 Å². The van der Waals surface area contributed by atoms with Gasteiger partial charge in [0.05, 0.1) is 20.3 Å². The molecular formula is C19H29IN4O2. The first-order chi connectivity index (χ1) is 12.3. The highest BCUT2D eigenvalue weighted by molar-refractivity contribution is 14.0. The Morgan fingerprint density at radius 2 is 1.88 bits per heavy atom. The molecule has 1 aromatic carbocycles. The molecule has 26 heavy (non-hydrogen) atoms. The predicted molar refractivity (Wildman–Crippen MR) is 117 cm³/mol. The Kier molecular flexibility index (Phi) is 10.6. The topological polar surface area (TPSA) is 59.8 Å². The summed E-state index contributed by atoms with van der Waals surface area (Å²) in [6, 6.07) is 9.96. The Morgan fingerprint density at radius 3 is 2.54 bits per heavy atom. The van der Waals surface area contributed by atoms with Crippen LogP contribution in [0, 0.1) is 0 Å². The molecule has 0 unspecified atom stereocenters. The lowest BCUT2D eigenvalue weighted by Crippen LogP contribution is -2.38. The molecule has 0 radical (unpaired) electrons. The summed E-state index contributed by atoms with van der Waals surface area (Å²) in [6.07, 6.45) is 4.11. The zero-order chi connectivity index (χ0) is 17.9. The van der Waals surface area contributed by atoms with Gasteiger partial charge in [0.1, 0.15) is 0 Å². The molecule has 0 fully saturated rings. The molecule has 0 spiro atoms. The fourth-order valence-electron chi connectivity index (χ4n) is 2.42. The third-order valence-electron chi connectivity index (χ3n) is 3.62. The van der Waals surface area contributed by atoms with Crippen molar-refractivity contribution in [3.8, 4) is 11.5 Å². The van der Waals surface area contributed by atoms with Gasteiger partial charge in [0.15, 0.2) is 17.5 Å². The number of benzene rings is 1. The van der Waals surface area contributed by atoms with Crippen molar-refractivity contribution >= 4 is 29.9 Å². The van der Waals surface area contributed by atoms with Crippen molar-refractivity contribution in [2.45, 2.75) is 26.9 Å².